The van der Waals surface area contributed by atoms with Crippen molar-refractivity contribution >= 4 is 42.7 Å². The number of nitrogens with zero attached hydrogens (tertiary/aromatic N) is 5. The van der Waals surface area contributed by atoms with Crippen molar-refractivity contribution in [3.63, 3.8) is 0 Å². The van der Waals surface area contributed by atoms with Gasteiger partial charge in [0.2, 0.25) is 0 Å². The van der Waals surface area contributed by atoms with Gasteiger partial charge in [-0.1, -0.05) is 24.3 Å². The van der Waals surface area contributed by atoms with Crippen molar-refractivity contribution in [1.29, 1.82) is 0 Å². The SMILES string of the molecule is c1ccc2cc(-c3cnc4c(n3)sc3cncnc34)ncc2c1. The van der Waals surface area contributed by atoms with Crippen molar-refractivity contribution in [2.75, 3.05) is 0 Å². The van der Waals surface area contributed by atoms with Crippen LogP contribution in [-0.4, -0.2) is 24.9 Å². The molecule has 0 spiro atoms. The third-order valence-electron chi connectivity index (χ3n) is 3.74. The van der Waals surface area contributed by atoms with Crippen LogP contribution < -0.4 is 0 Å². The molecule has 6 heteroatoms. The molecular formula is C17H9N5S. The van der Waals surface area contributed by atoms with E-state index in [1.165, 1.54) is 6.33 Å². The van der Waals surface area contributed by atoms with Gasteiger partial charge in [-0.15, -0.1) is 11.3 Å². The summed E-state index contributed by atoms with van der Waals surface area (Å²) in [6.45, 7) is 0. The largest absolute Gasteiger partial charge is 0.254 e. The molecule has 4 heterocycles. The van der Waals surface area contributed by atoms with Crippen LogP contribution in [-0.2, 0) is 0 Å². The van der Waals surface area contributed by atoms with Gasteiger partial charge in [-0.3, -0.25) is 4.98 Å². The summed E-state index contributed by atoms with van der Waals surface area (Å²) < 4.78 is 0.992. The predicted octanol–water partition coefficient (Wildman–Crippen LogP) is 3.85. The molecule has 0 atom stereocenters. The van der Waals surface area contributed by atoms with Crippen molar-refractivity contribution in [2.24, 2.45) is 0 Å². The van der Waals surface area contributed by atoms with Gasteiger partial charge in [0.25, 0.3) is 0 Å². The second kappa shape index (κ2) is 4.76. The Balaban J connectivity index is 1.73. The number of rotatable bonds is 1. The summed E-state index contributed by atoms with van der Waals surface area (Å²) in [7, 11) is 0. The molecule has 0 N–H and O–H groups in total. The molecule has 0 aliphatic heterocycles. The van der Waals surface area contributed by atoms with E-state index in [0.717, 1.165) is 42.7 Å². The molecule has 0 unspecified atom stereocenters. The highest BCUT2D eigenvalue weighted by Crippen LogP contribution is 2.30. The number of pyridine rings is 1. The lowest BCUT2D eigenvalue weighted by Gasteiger charge is -2.02. The maximum Gasteiger partial charge on any atom is 0.145 e. The Bertz CT molecular complexity index is 1180. The Morgan fingerprint density at radius 3 is 2.65 bits per heavy atom. The van der Waals surface area contributed by atoms with Crippen LogP contribution in [0.3, 0.4) is 0 Å². The molecule has 5 rings (SSSR count). The normalized spacial score (nSPS) is 11.5. The van der Waals surface area contributed by atoms with Crippen LogP contribution in [0.15, 0.2) is 55.2 Å². The topological polar surface area (TPSA) is 64.5 Å². The lowest BCUT2D eigenvalue weighted by molar-refractivity contribution is 1.22. The molecule has 5 aromatic rings. The number of benzene rings is 1. The molecule has 4 aromatic heterocycles. The zero-order valence-corrected chi connectivity index (χ0v) is 12.7. The Morgan fingerprint density at radius 2 is 1.70 bits per heavy atom. The third kappa shape index (κ3) is 1.96. The Morgan fingerprint density at radius 1 is 0.783 bits per heavy atom. The number of hydrogen-bond acceptors (Lipinski definition) is 6. The van der Waals surface area contributed by atoms with Crippen LogP contribution in [0.2, 0.25) is 0 Å². The number of fused-ring (bicyclic) bond motifs is 4. The fourth-order valence-corrected chi connectivity index (χ4v) is 3.58. The highest BCUT2D eigenvalue weighted by atomic mass is 32.1. The smallest absolute Gasteiger partial charge is 0.145 e. The molecule has 0 aliphatic rings. The highest BCUT2D eigenvalue weighted by Gasteiger charge is 2.11. The molecular weight excluding hydrogens is 306 g/mol. The van der Waals surface area contributed by atoms with Gasteiger partial charge in [0, 0.05) is 17.8 Å². The first kappa shape index (κ1) is 12.5. The number of thiophene rings is 1. The quantitative estimate of drug-likeness (QED) is 0.470. The van der Waals surface area contributed by atoms with Gasteiger partial charge in [-0.05, 0) is 11.5 Å². The summed E-state index contributed by atoms with van der Waals surface area (Å²) in [6.07, 6.45) is 6.96. The van der Waals surface area contributed by atoms with Gasteiger partial charge < -0.3 is 0 Å². The predicted molar refractivity (Wildman–Crippen MR) is 91.2 cm³/mol. The van der Waals surface area contributed by atoms with Crippen molar-refractivity contribution in [1.82, 2.24) is 24.9 Å². The second-order valence-corrected chi connectivity index (χ2v) is 6.19. The van der Waals surface area contributed by atoms with E-state index in [0.29, 0.717) is 0 Å². The van der Waals surface area contributed by atoms with Crippen molar-refractivity contribution in [2.45, 2.75) is 0 Å². The molecule has 108 valence electrons. The molecule has 0 amide bonds. The van der Waals surface area contributed by atoms with Gasteiger partial charge in [0.05, 0.1) is 16.6 Å². The monoisotopic (exact) mass is 315 g/mol. The molecule has 0 fully saturated rings. The molecule has 0 saturated carbocycles. The summed E-state index contributed by atoms with van der Waals surface area (Å²) in [6, 6.07) is 10.2. The second-order valence-electron chi connectivity index (χ2n) is 5.16. The minimum atomic E-state index is 0.766. The van der Waals surface area contributed by atoms with Crippen LogP contribution in [0, 0.1) is 0 Å². The van der Waals surface area contributed by atoms with Crippen LogP contribution in [0.25, 0.3) is 42.7 Å². The van der Waals surface area contributed by atoms with E-state index in [1.807, 2.05) is 30.5 Å². The van der Waals surface area contributed by atoms with E-state index in [2.05, 4.69) is 26.0 Å². The molecule has 0 bridgehead atoms. The summed E-state index contributed by atoms with van der Waals surface area (Å²) >= 11 is 1.55. The summed E-state index contributed by atoms with van der Waals surface area (Å²) in [5.74, 6) is 0. The molecule has 0 aliphatic carbocycles. The maximum atomic E-state index is 4.72. The third-order valence-corrected chi connectivity index (χ3v) is 4.74. The molecule has 23 heavy (non-hydrogen) atoms. The first-order valence-corrected chi connectivity index (χ1v) is 7.90. The average Bonchev–Trinajstić information content (AvgIpc) is 2.99. The minimum Gasteiger partial charge on any atom is -0.254 e. The van der Waals surface area contributed by atoms with E-state index < -0.39 is 0 Å². The van der Waals surface area contributed by atoms with E-state index in [1.54, 1.807) is 23.7 Å². The minimum absolute atomic E-state index is 0.766. The lowest BCUT2D eigenvalue weighted by Crippen LogP contribution is -1.89. The zero-order valence-electron chi connectivity index (χ0n) is 11.8. The molecule has 5 nitrogen and oxygen atoms in total. The van der Waals surface area contributed by atoms with Crippen molar-refractivity contribution < 1.29 is 0 Å². The standard InChI is InChI=1S/C17H9N5S/c1-2-4-11-6-19-12(5-10(11)3-1)13-7-20-16-15-14(8-18-9-21-15)23-17(16)22-13/h1-9H. The lowest BCUT2D eigenvalue weighted by atomic mass is 10.1. The highest BCUT2D eigenvalue weighted by molar-refractivity contribution is 7.25. The number of aromatic nitrogens is 5. The van der Waals surface area contributed by atoms with Crippen molar-refractivity contribution in [3.8, 4) is 11.4 Å². The van der Waals surface area contributed by atoms with Crippen LogP contribution in [0.1, 0.15) is 0 Å². The first-order chi connectivity index (χ1) is 11.4. The Kier molecular flexibility index (Phi) is 2.59. The zero-order chi connectivity index (χ0) is 15.2. The summed E-state index contributed by atoms with van der Waals surface area (Å²) in [5.41, 5.74) is 3.26. The van der Waals surface area contributed by atoms with Crippen LogP contribution in [0.4, 0.5) is 0 Å². The van der Waals surface area contributed by atoms with E-state index in [4.69, 9.17) is 4.98 Å². The van der Waals surface area contributed by atoms with Crippen LogP contribution >= 0.6 is 11.3 Å². The Hall–Kier alpha value is -2.99. The fourth-order valence-electron chi connectivity index (χ4n) is 2.63. The Labute approximate surface area is 134 Å². The number of hydrogen-bond donors (Lipinski definition) is 0. The fraction of sp³-hybridized carbons (Fsp3) is 0. The summed E-state index contributed by atoms with van der Waals surface area (Å²) in [4.78, 5) is 23.0. The first-order valence-electron chi connectivity index (χ1n) is 7.09. The van der Waals surface area contributed by atoms with Gasteiger partial charge in [0.15, 0.2) is 0 Å². The average molecular weight is 315 g/mol. The van der Waals surface area contributed by atoms with E-state index in [-0.39, 0.29) is 0 Å². The van der Waals surface area contributed by atoms with Crippen molar-refractivity contribution in [3.05, 3.63) is 55.2 Å². The maximum absolute atomic E-state index is 4.72. The molecule has 0 radical (unpaired) electrons. The molecule has 0 saturated heterocycles. The van der Waals surface area contributed by atoms with Gasteiger partial charge in [-0.2, -0.15) is 0 Å². The van der Waals surface area contributed by atoms with E-state index in [9.17, 15) is 0 Å². The summed E-state index contributed by atoms with van der Waals surface area (Å²) in [5, 5.41) is 2.25. The van der Waals surface area contributed by atoms with Gasteiger partial charge in [0.1, 0.15) is 27.9 Å². The van der Waals surface area contributed by atoms with Gasteiger partial charge >= 0.3 is 0 Å². The van der Waals surface area contributed by atoms with Gasteiger partial charge in [-0.25, -0.2) is 19.9 Å². The molecule has 1 aromatic carbocycles. The van der Waals surface area contributed by atoms with E-state index >= 15 is 0 Å². The van der Waals surface area contributed by atoms with Crippen LogP contribution in [0.5, 0.6) is 0 Å².